The van der Waals surface area contributed by atoms with E-state index in [-0.39, 0.29) is 6.61 Å². The van der Waals surface area contributed by atoms with Crippen LogP contribution in [0.5, 0.6) is 11.5 Å². The molecule has 0 fully saturated rings. The maximum absolute atomic E-state index is 13.1. The van der Waals surface area contributed by atoms with Gasteiger partial charge in [-0.1, -0.05) is 0 Å². The lowest BCUT2D eigenvalue weighted by Gasteiger charge is -2.30. The quantitative estimate of drug-likeness (QED) is 0.354. The lowest BCUT2D eigenvalue weighted by atomic mass is 9.95. The van der Waals surface area contributed by atoms with Crippen LogP contribution >= 0.6 is 0 Å². The van der Waals surface area contributed by atoms with Gasteiger partial charge in [0.15, 0.2) is 12.9 Å². The predicted molar refractivity (Wildman–Crippen MR) is 97.6 cm³/mol. The summed E-state index contributed by atoms with van der Waals surface area (Å²) in [4.78, 5) is 34.1. The number of methoxy groups -OCH3 is 2. The summed E-state index contributed by atoms with van der Waals surface area (Å²) in [5.74, 6) is -2.46. The Labute approximate surface area is 161 Å². The van der Waals surface area contributed by atoms with E-state index in [1.807, 2.05) is 0 Å². The predicted octanol–water partition coefficient (Wildman–Crippen LogP) is 2.06. The SMILES string of the molecule is COC(OC)(C(=O)c1ccc(OCC=O)cc1)c1ccc(OCC(=O)O)cc1. The van der Waals surface area contributed by atoms with Gasteiger partial charge in [-0.3, -0.25) is 9.59 Å². The normalized spacial score (nSPS) is 10.9. The highest BCUT2D eigenvalue weighted by Crippen LogP contribution is 2.32. The van der Waals surface area contributed by atoms with Crippen LogP contribution < -0.4 is 9.47 Å². The molecule has 0 atom stereocenters. The van der Waals surface area contributed by atoms with Crippen molar-refractivity contribution in [3.05, 3.63) is 59.7 Å². The zero-order valence-electron chi connectivity index (χ0n) is 15.4. The van der Waals surface area contributed by atoms with Crippen molar-refractivity contribution in [2.45, 2.75) is 5.79 Å². The smallest absolute Gasteiger partial charge is 0.341 e. The van der Waals surface area contributed by atoms with Crippen LogP contribution in [-0.4, -0.2) is 50.6 Å². The molecule has 8 heteroatoms. The maximum Gasteiger partial charge on any atom is 0.341 e. The van der Waals surface area contributed by atoms with Crippen LogP contribution in [0, 0.1) is 0 Å². The number of benzene rings is 2. The van der Waals surface area contributed by atoms with Gasteiger partial charge in [-0.15, -0.1) is 0 Å². The summed E-state index contributed by atoms with van der Waals surface area (Å²) in [7, 11) is 2.69. The number of aldehydes is 1. The molecule has 0 unspecified atom stereocenters. The van der Waals surface area contributed by atoms with E-state index in [1.54, 1.807) is 36.4 Å². The van der Waals surface area contributed by atoms with E-state index in [4.69, 9.17) is 24.1 Å². The molecule has 0 aliphatic carbocycles. The molecule has 2 rings (SSSR count). The topological polar surface area (TPSA) is 108 Å². The van der Waals surface area contributed by atoms with Gasteiger partial charge in [0.2, 0.25) is 5.78 Å². The van der Waals surface area contributed by atoms with Crippen LogP contribution in [0.4, 0.5) is 0 Å². The molecule has 0 bridgehead atoms. The van der Waals surface area contributed by atoms with E-state index in [2.05, 4.69) is 0 Å². The standard InChI is InChI=1S/C20H20O8/c1-25-20(26-2,15-5-9-17(10-6-15)28-13-18(22)23)19(24)14-3-7-16(8-4-14)27-12-11-21/h3-11H,12-13H2,1-2H3,(H,22,23). The maximum atomic E-state index is 13.1. The average molecular weight is 388 g/mol. The summed E-state index contributed by atoms with van der Waals surface area (Å²) in [6.07, 6.45) is 0.629. The summed E-state index contributed by atoms with van der Waals surface area (Å²) in [5.41, 5.74) is 0.722. The Kier molecular flexibility index (Phi) is 7.25. The zero-order chi connectivity index (χ0) is 20.6. The largest absolute Gasteiger partial charge is 0.486 e. The summed E-state index contributed by atoms with van der Waals surface area (Å²) >= 11 is 0. The lowest BCUT2D eigenvalue weighted by molar-refractivity contribution is -0.176. The Hall–Kier alpha value is -3.23. The van der Waals surface area contributed by atoms with Gasteiger partial charge in [0.05, 0.1) is 0 Å². The number of rotatable bonds is 11. The number of carboxylic acids is 1. The zero-order valence-corrected chi connectivity index (χ0v) is 15.4. The molecule has 0 aliphatic heterocycles. The molecule has 0 heterocycles. The van der Waals surface area contributed by atoms with Crippen molar-refractivity contribution >= 4 is 18.0 Å². The van der Waals surface area contributed by atoms with Gasteiger partial charge in [-0.05, 0) is 48.5 Å². The van der Waals surface area contributed by atoms with Gasteiger partial charge >= 0.3 is 5.97 Å². The molecule has 0 radical (unpaired) electrons. The first-order chi connectivity index (χ1) is 13.5. The molecule has 8 nitrogen and oxygen atoms in total. The second-order valence-electron chi connectivity index (χ2n) is 5.56. The monoisotopic (exact) mass is 388 g/mol. The van der Waals surface area contributed by atoms with Crippen molar-refractivity contribution < 1.29 is 38.4 Å². The molecule has 2 aromatic rings. The minimum absolute atomic E-state index is 0.0797. The molecule has 148 valence electrons. The Morgan fingerprint density at radius 2 is 1.46 bits per heavy atom. The molecule has 0 amide bonds. The van der Waals surface area contributed by atoms with E-state index in [1.165, 1.54) is 26.4 Å². The number of hydrogen-bond donors (Lipinski definition) is 1. The second kappa shape index (κ2) is 9.63. The van der Waals surface area contributed by atoms with Gasteiger partial charge in [-0.25, -0.2) is 4.79 Å². The van der Waals surface area contributed by atoms with E-state index < -0.39 is 24.1 Å². The fourth-order valence-corrected chi connectivity index (χ4v) is 2.57. The van der Waals surface area contributed by atoms with Gasteiger partial charge in [-0.2, -0.15) is 0 Å². The molecular formula is C20H20O8. The molecule has 0 aliphatic rings. The Balaban J connectivity index is 2.27. The summed E-state index contributed by atoms with van der Waals surface area (Å²) < 4.78 is 21.1. The third-order valence-corrected chi connectivity index (χ3v) is 3.91. The molecular weight excluding hydrogens is 368 g/mol. The van der Waals surface area contributed by atoms with Crippen LogP contribution in [0.15, 0.2) is 48.5 Å². The minimum Gasteiger partial charge on any atom is -0.486 e. The van der Waals surface area contributed by atoms with Crippen LogP contribution in [0.2, 0.25) is 0 Å². The van der Waals surface area contributed by atoms with E-state index in [0.29, 0.717) is 28.9 Å². The van der Waals surface area contributed by atoms with Crippen LogP contribution in [-0.2, 0) is 24.8 Å². The molecule has 0 saturated carbocycles. The highest BCUT2D eigenvalue weighted by molar-refractivity contribution is 6.02. The number of Topliss-reactive ketones (excluding diaryl/α,β-unsaturated/α-hetero) is 1. The third-order valence-electron chi connectivity index (χ3n) is 3.91. The number of hydrogen-bond acceptors (Lipinski definition) is 7. The van der Waals surface area contributed by atoms with Crippen molar-refractivity contribution in [2.75, 3.05) is 27.4 Å². The van der Waals surface area contributed by atoms with Crippen LogP contribution in [0.1, 0.15) is 15.9 Å². The molecule has 0 spiro atoms. The third kappa shape index (κ3) is 4.73. The molecule has 0 aromatic heterocycles. The first-order valence-corrected chi connectivity index (χ1v) is 8.23. The number of aliphatic carboxylic acids is 1. The Bertz CT molecular complexity index is 807. The summed E-state index contributed by atoms with van der Waals surface area (Å²) in [5, 5.41) is 8.67. The molecule has 1 N–H and O–H groups in total. The first-order valence-electron chi connectivity index (χ1n) is 8.23. The van der Waals surface area contributed by atoms with Crippen molar-refractivity contribution in [1.29, 1.82) is 0 Å². The number of carbonyl (C=O) groups excluding carboxylic acids is 2. The number of carbonyl (C=O) groups is 3. The van der Waals surface area contributed by atoms with Crippen molar-refractivity contribution in [3.63, 3.8) is 0 Å². The lowest BCUT2D eigenvalue weighted by Crippen LogP contribution is -2.40. The van der Waals surface area contributed by atoms with Crippen molar-refractivity contribution in [2.24, 2.45) is 0 Å². The average Bonchev–Trinajstić information content (AvgIpc) is 2.73. The number of carboxylic acid groups (broad SMARTS) is 1. The fraction of sp³-hybridized carbons (Fsp3) is 0.250. The van der Waals surface area contributed by atoms with Crippen LogP contribution in [0.25, 0.3) is 0 Å². The van der Waals surface area contributed by atoms with E-state index in [9.17, 15) is 14.4 Å². The van der Waals surface area contributed by atoms with Crippen molar-refractivity contribution in [3.8, 4) is 11.5 Å². The van der Waals surface area contributed by atoms with E-state index >= 15 is 0 Å². The van der Waals surface area contributed by atoms with Gasteiger partial charge in [0.25, 0.3) is 5.79 Å². The fourth-order valence-electron chi connectivity index (χ4n) is 2.57. The van der Waals surface area contributed by atoms with E-state index in [0.717, 1.165) is 0 Å². The van der Waals surface area contributed by atoms with Crippen molar-refractivity contribution in [1.82, 2.24) is 0 Å². The molecule has 28 heavy (non-hydrogen) atoms. The number of ether oxygens (including phenoxy) is 4. The van der Waals surface area contributed by atoms with Gasteiger partial charge in [0.1, 0.15) is 18.1 Å². The Morgan fingerprint density at radius 1 is 0.929 bits per heavy atom. The first kappa shape index (κ1) is 21.1. The van der Waals surface area contributed by atoms with Crippen LogP contribution in [0.3, 0.4) is 0 Å². The highest BCUT2D eigenvalue weighted by atomic mass is 16.7. The highest BCUT2D eigenvalue weighted by Gasteiger charge is 2.41. The minimum atomic E-state index is -1.70. The summed E-state index contributed by atoms with van der Waals surface area (Å²) in [6, 6.07) is 12.4. The Morgan fingerprint density at radius 3 is 1.96 bits per heavy atom. The van der Waals surface area contributed by atoms with Gasteiger partial charge < -0.3 is 24.1 Å². The molecule has 2 aromatic carbocycles. The second-order valence-corrected chi connectivity index (χ2v) is 5.56. The molecule has 0 saturated heterocycles. The van der Waals surface area contributed by atoms with Gasteiger partial charge in [0, 0.05) is 25.3 Å². The number of ketones is 1. The summed E-state index contributed by atoms with van der Waals surface area (Å²) in [6.45, 7) is -0.555.